The number of rotatable bonds is 5. The Morgan fingerprint density at radius 2 is 1.65 bits per heavy atom. The van der Waals surface area contributed by atoms with E-state index in [1.54, 1.807) is 21.1 Å². The highest BCUT2D eigenvalue weighted by molar-refractivity contribution is 6.05. The van der Waals surface area contributed by atoms with E-state index in [-0.39, 0.29) is 10.9 Å². The van der Waals surface area contributed by atoms with Gasteiger partial charge in [0.15, 0.2) is 0 Å². The first-order valence-corrected chi connectivity index (χ1v) is 9.59. The summed E-state index contributed by atoms with van der Waals surface area (Å²) < 4.78 is 24.5. The molecule has 0 bridgehead atoms. The first-order valence-electron chi connectivity index (χ1n) is 9.59. The summed E-state index contributed by atoms with van der Waals surface area (Å²) in [7, 11) is 3.20. The van der Waals surface area contributed by atoms with Crippen molar-refractivity contribution < 1.29 is 23.8 Å². The van der Waals surface area contributed by atoms with E-state index in [2.05, 4.69) is 4.98 Å². The van der Waals surface area contributed by atoms with E-state index in [1.165, 1.54) is 18.2 Å². The average molecular weight is 417 g/mol. The molecule has 0 amide bonds. The van der Waals surface area contributed by atoms with Gasteiger partial charge in [0.05, 0.1) is 31.0 Å². The fourth-order valence-electron chi connectivity index (χ4n) is 3.73. The minimum Gasteiger partial charge on any atom is -0.497 e. The van der Waals surface area contributed by atoms with Gasteiger partial charge >= 0.3 is 5.97 Å². The van der Waals surface area contributed by atoms with Crippen molar-refractivity contribution in [1.29, 1.82) is 0 Å². The summed E-state index contributed by atoms with van der Waals surface area (Å²) in [4.78, 5) is 16.5. The van der Waals surface area contributed by atoms with Gasteiger partial charge in [0, 0.05) is 22.6 Å². The summed E-state index contributed by atoms with van der Waals surface area (Å²) in [6, 6.07) is 17.2. The monoisotopic (exact) mass is 417 g/mol. The maximum atomic E-state index is 13.7. The van der Waals surface area contributed by atoms with Crippen molar-refractivity contribution in [2.75, 3.05) is 14.2 Å². The third-order valence-electron chi connectivity index (χ3n) is 5.28. The molecule has 4 aromatic rings. The topological polar surface area (TPSA) is 68.7 Å². The SMILES string of the molecule is COc1ccc(-c2ccc(-c3nc4ccc(F)cc4c(C(=O)O)c3C)cc2)c(OC)c1. The van der Waals surface area contributed by atoms with Gasteiger partial charge < -0.3 is 14.6 Å². The Kier molecular flexibility index (Phi) is 5.29. The molecule has 0 unspecified atom stereocenters. The van der Waals surface area contributed by atoms with Crippen LogP contribution in [0.3, 0.4) is 0 Å². The number of carboxylic acids is 1. The summed E-state index contributed by atoms with van der Waals surface area (Å²) in [5, 5.41) is 10.0. The molecule has 4 rings (SSSR count). The highest BCUT2D eigenvalue weighted by atomic mass is 19.1. The molecule has 31 heavy (non-hydrogen) atoms. The standard InChI is InChI=1S/C25H20FNO4/c1-14-23(25(28)29)20-12-17(26)8-11-21(20)27-24(14)16-6-4-15(5-7-16)19-10-9-18(30-2)13-22(19)31-3/h4-13H,1-3H3,(H,28,29). The molecule has 3 aromatic carbocycles. The van der Waals surface area contributed by atoms with Crippen LogP contribution < -0.4 is 9.47 Å². The molecule has 6 heteroatoms. The summed E-state index contributed by atoms with van der Waals surface area (Å²) >= 11 is 0. The van der Waals surface area contributed by atoms with Gasteiger partial charge in [0.1, 0.15) is 17.3 Å². The largest absolute Gasteiger partial charge is 0.497 e. The zero-order valence-electron chi connectivity index (χ0n) is 17.3. The van der Waals surface area contributed by atoms with Crippen LogP contribution in [0.5, 0.6) is 11.5 Å². The maximum Gasteiger partial charge on any atom is 0.336 e. The zero-order chi connectivity index (χ0) is 22.1. The van der Waals surface area contributed by atoms with Gasteiger partial charge in [0.2, 0.25) is 0 Å². The molecule has 0 saturated heterocycles. The van der Waals surface area contributed by atoms with Crippen LogP contribution in [-0.4, -0.2) is 30.3 Å². The number of carbonyl (C=O) groups is 1. The van der Waals surface area contributed by atoms with Gasteiger partial charge in [-0.15, -0.1) is 0 Å². The molecule has 0 atom stereocenters. The van der Waals surface area contributed by atoms with E-state index < -0.39 is 11.8 Å². The quantitative estimate of drug-likeness (QED) is 0.449. The van der Waals surface area contributed by atoms with E-state index in [0.717, 1.165) is 16.7 Å². The van der Waals surface area contributed by atoms with Crippen LogP contribution in [0.15, 0.2) is 60.7 Å². The van der Waals surface area contributed by atoms with Crippen LogP contribution in [0.1, 0.15) is 15.9 Å². The minimum atomic E-state index is -1.11. The predicted octanol–water partition coefficient (Wildman–Crippen LogP) is 5.73. The lowest BCUT2D eigenvalue weighted by molar-refractivity contribution is 0.0698. The van der Waals surface area contributed by atoms with Gasteiger partial charge in [-0.2, -0.15) is 0 Å². The minimum absolute atomic E-state index is 0.0559. The Hall–Kier alpha value is -3.93. The molecule has 5 nitrogen and oxygen atoms in total. The number of pyridine rings is 1. The van der Waals surface area contributed by atoms with Crippen LogP contribution in [-0.2, 0) is 0 Å². The molecule has 1 heterocycles. The number of carboxylic acid groups (broad SMARTS) is 1. The number of fused-ring (bicyclic) bond motifs is 1. The van der Waals surface area contributed by atoms with Crippen LogP contribution in [0, 0.1) is 12.7 Å². The molecule has 0 aliphatic rings. The van der Waals surface area contributed by atoms with E-state index in [4.69, 9.17) is 9.47 Å². The Morgan fingerprint density at radius 1 is 0.935 bits per heavy atom. The van der Waals surface area contributed by atoms with Gasteiger partial charge in [-0.3, -0.25) is 0 Å². The Labute approximate surface area is 178 Å². The van der Waals surface area contributed by atoms with Crippen LogP contribution in [0.25, 0.3) is 33.3 Å². The third kappa shape index (κ3) is 3.68. The predicted molar refractivity (Wildman–Crippen MR) is 117 cm³/mol. The Bertz CT molecular complexity index is 1300. The van der Waals surface area contributed by atoms with Crippen molar-refractivity contribution in [3.8, 4) is 33.9 Å². The zero-order valence-corrected chi connectivity index (χ0v) is 17.3. The lowest BCUT2D eigenvalue weighted by Crippen LogP contribution is -2.05. The molecule has 0 aliphatic heterocycles. The van der Waals surface area contributed by atoms with Crippen molar-refractivity contribution in [2.45, 2.75) is 6.92 Å². The van der Waals surface area contributed by atoms with E-state index in [9.17, 15) is 14.3 Å². The van der Waals surface area contributed by atoms with Gasteiger partial charge in [-0.1, -0.05) is 24.3 Å². The van der Waals surface area contributed by atoms with Gasteiger partial charge in [-0.25, -0.2) is 14.2 Å². The second-order valence-corrected chi connectivity index (χ2v) is 7.07. The molecule has 0 aliphatic carbocycles. The number of halogens is 1. The first-order chi connectivity index (χ1) is 14.9. The molecule has 1 aromatic heterocycles. The molecular weight excluding hydrogens is 397 g/mol. The van der Waals surface area contributed by atoms with E-state index in [1.807, 2.05) is 42.5 Å². The second-order valence-electron chi connectivity index (χ2n) is 7.07. The Balaban J connectivity index is 1.82. The fourth-order valence-corrected chi connectivity index (χ4v) is 3.73. The summed E-state index contributed by atoms with van der Waals surface area (Å²) in [5.41, 5.74) is 4.12. The molecule has 156 valence electrons. The van der Waals surface area contributed by atoms with Gasteiger partial charge in [-0.05, 0) is 48.4 Å². The van der Waals surface area contributed by atoms with Crippen LogP contribution >= 0.6 is 0 Å². The smallest absolute Gasteiger partial charge is 0.336 e. The number of nitrogens with zero attached hydrogens (tertiary/aromatic N) is 1. The van der Waals surface area contributed by atoms with Gasteiger partial charge in [0.25, 0.3) is 0 Å². The summed E-state index contributed by atoms with van der Waals surface area (Å²) in [5.74, 6) is -0.230. The molecular formula is C25H20FNO4. The average Bonchev–Trinajstić information content (AvgIpc) is 2.78. The number of methoxy groups -OCH3 is 2. The number of aromatic nitrogens is 1. The number of hydrogen-bond acceptors (Lipinski definition) is 4. The lowest BCUT2D eigenvalue weighted by Gasteiger charge is -2.14. The van der Waals surface area contributed by atoms with Crippen molar-refractivity contribution in [3.63, 3.8) is 0 Å². The third-order valence-corrected chi connectivity index (χ3v) is 5.28. The van der Waals surface area contributed by atoms with Crippen molar-refractivity contribution in [3.05, 3.63) is 77.6 Å². The van der Waals surface area contributed by atoms with Crippen molar-refractivity contribution in [1.82, 2.24) is 4.98 Å². The van der Waals surface area contributed by atoms with Crippen LogP contribution in [0.4, 0.5) is 4.39 Å². The number of aromatic carboxylic acids is 1. The normalized spacial score (nSPS) is 10.8. The highest BCUT2D eigenvalue weighted by Gasteiger charge is 2.19. The summed E-state index contributed by atoms with van der Waals surface area (Å²) in [6.07, 6.45) is 0. The number of hydrogen-bond donors (Lipinski definition) is 1. The lowest BCUT2D eigenvalue weighted by atomic mass is 9.96. The second kappa shape index (κ2) is 8.07. The molecule has 0 spiro atoms. The van der Waals surface area contributed by atoms with Crippen LogP contribution in [0.2, 0.25) is 0 Å². The summed E-state index contributed by atoms with van der Waals surface area (Å²) in [6.45, 7) is 1.69. The maximum absolute atomic E-state index is 13.7. The van der Waals surface area contributed by atoms with Crippen molar-refractivity contribution >= 4 is 16.9 Å². The molecule has 0 radical (unpaired) electrons. The molecule has 0 saturated carbocycles. The number of ether oxygens (including phenoxy) is 2. The molecule has 1 N–H and O–H groups in total. The van der Waals surface area contributed by atoms with E-state index in [0.29, 0.717) is 28.3 Å². The highest BCUT2D eigenvalue weighted by Crippen LogP contribution is 2.35. The Morgan fingerprint density at radius 3 is 2.29 bits per heavy atom. The van der Waals surface area contributed by atoms with Crippen molar-refractivity contribution in [2.24, 2.45) is 0 Å². The fraction of sp³-hybridized carbons (Fsp3) is 0.120. The number of benzene rings is 3. The molecule has 0 fully saturated rings. The van der Waals surface area contributed by atoms with E-state index >= 15 is 0 Å². The first kappa shape index (κ1) is 20.3.